The lowest BCUT2D eigenvalue weighted by atomic mass is 10.2. The molecular weight excluding hydrogens is 362 g/mol. The van der Waals surface area contributed by atoms with Crippen molar-refractivity contribution in [3.05, 3.63) is 34.4 Å². The van der Waals surface area contributed by atoms with Gasteiger partial charge in [-0.1, -0.05) is 0 Å². The Balaban J connectivity index is 1.79. The monoisotopic (exact) mass is 385 g/mol. The molecule has 1 atom stereocenters. The average Bonchev–Trinajstić information content (AvgIpc) is 3.24. The molecule has 1 N–H and O–H groups in total. The van der Waals surface area contributed by atoms with Gasteiger partial charge in [0.2, 0.25) is 5.58 Å². The van der Waals surface area contributed by atoms with E-state index in [4.69, 9.17) is 13.9 Å². The van der Waals surface area contributed by atoms with Gasteiger partial charge in [0.15, 0.2) is 0 Å². The molecule has 148 valence electrons. The van der Waals surface area contributed by atoms with Gasteiger partial charge in [-0.05, 0) is 51.8 Å². The van der Waals surface area contributed by atoms with Crippen LogP contribution >= 0.6 is 0 Å². The highest BCUT2D eigenvalue weighted by Gasteiger charge is 2.35. The van der Waals surface area contributed by atoms with Crippen molar-refractivity contribution >= 4 is 28.2 Å². The van der Waals surface area contributed by atoms with E-state index in [9.17, 15) is 9.59 Å². The van der Waals surface area contributed by atoms with Crippen molar-refractivity contribution in [3.8, 4) is 5.75 Å². The molecule has 1 aliphatic rings. The SMILES string of the molecule is COc1ccc2oc3c(=O)[nH]c([C@@H]4CCCN4C(=O)OC(C)(C)C)nc3c2c1. The Morgan fingerprint density at radius 3 is 2.86 bits per heavy atom. The molecule has 1 fully saturated rings. The summed E-state index contributed by atoms with van der Waals surface area (Å²) in [6, 6.07) is 4.96. The Morgan fingerprint density at radius 1 is 1.36 bits per heavy atom. The molecule has 4 rings (SSSR count). The molecule has 1 saturated heterocycles. The van der Waals surface area contributed by atoms with Crippen molar-refractivity contribution in [2.75, 3.05) is 13.7 Å². The van der Waals surface area contributed by atoms with E-state index in [0.29, 0.717) is 41.0 Å². The number of nitrogens with zero attached hydrogens (tertiary/aromatic N) is 2. The van der Waals surface area contributed by atoms with E-state index in [2.05, 4.69) is 9.97 Å². The number of ether oxygens (including phenoxy) is 2. The summed E-state index contributed by atoms with van der Waals surface area (Å²) < 4.78 is 16.5. The van der Waals surface area contributed by atoms with E-state index in [-0.39, 0.29) is 17.2 Å². The van der Waals surface area contributed by atoms with Crippen molar-refractivity contribution in [2.24, 2.45) is 0 Å². The fourth-order valence-electron chi connectivity index (χ4n) is 3.52. The van der Waals surface area contributed by atoms with Crippen LogP contribution in [-0.2, 0) is 4.74 Å². The summed E-state index contributed by atoms with van der Waals surface area (Å²) >= 11 is 0. The number of carbonyl (C=O) groups is 1. The van der Waals surface area contributed by atoms with Crippen LogP contribution in [0, 0.1) is 0 Å². The van der Waals surface area contributed by atoms with Gasteiger partial charge < -0.3 is 18.9 Å². The van der Waals surface area contributed by atoms with Crippen LogP contribution in [0.25, 0.3) is 22.1 Å². The number of nitrogens with one attached hydrogen (secondary N) is 1. The number of hydrogen-bond acceptors (Lipinski definition) is 6. The zero-order chi connectivity index (χ0) is 20.1. The van der Waals surface area contributed by atoms with Crippen LogP contribution in [0.3, 0.4) is 0 Å². The van der Waals surface area contributed by atoms with Gasteiger partial charge in [0, 0.05) is 6.54 Å². The first-order valence-corrected chi connectivity index (χ1v) is 9.27. The average molecular weight is 385 g/mol. The first-order valence-electron chi connectivity index (χ1n) is 9.27. The second kappa shape index (κ2) is 6.54. The van der Waals surface area contributed by atoms with Gasteiger partial charge in [0.05, 0.1) is 18.5 Å². The number of benzene rings is 1. The van der Waals surface area contributed by atoms with Crippen molar-refractivity contribution in [1.29, 1.82) is 0 Å². The number of carbonyl (C=O) groups excluding carboxylic acids is 1. The zero-order valence-electron chi connectivity index (χ0n) is 16.4. The topological polar surface area (TPSA) is 97.7 Å². The number of aromatic nitrogens is 2. The van der Waals surface area contributed by atoms with Crippen LogP contribution in [0.5, 0.6) is 5.75 Å². The number of furan rings is 1. The van der Waals surface area contributed by atoms with Gasteiger partial charge in [0.1, 0.15) is 28.3 Å². The summed E-state index contributed by atoms with van der Waals surface area (Å²) in [7, 11) is 1.58. The predicted octanol–water partition coefficient (Wildman–Crippen LogP) is 3.75. The lowest BCUT2D eigenvalue weighted by Gasteiger charge is -2.28. The minimum atomic E-state index is -0.591. The fraction of sp³-hybridized carbons (Fsp3) is 0.450. The molecule has 3 aromatic rings. The summed E-state index contributed by atoms with van der Waals surface area (Å²) in [5.41, 5.74) is 0.219. The normalized spacial score (nSPS) is 17.4. The van der Waals surface area contributed by atoms with Gasteiger partial charge in [-0.15, -0.1) is 0 Å². The van der Waals surface area contributed by atoms with Crippen LogP contribution in [-0.4, -0.2) is 40.2 Å². The van der Waals surface area contributed by atoms with Crippen LogP contribution < -0.4 is 10.3 Å². The maximum atomic E-state index is 12.6. The molecule has 1 amide bonds. The highest BCUT2D eigenvalue weighted by Crippen LogP contribution is 2.33. The van der Waals surface area contributed by atoms with E-state index in [1.54, 1.807) is 30.2 Å². The third kappa shape index (κ3) is 3.19. The van der Waals surface area contributed by atoms with Crippen LogP contribution in [0.15, 0.2) is 27.4 Å². The van der Waals surface area contributed by atoms with Gasteiger partial charge in [-0.3, -0.25) is 9.69 Å². The lowest BCUT2D eigenvalue weighted by molar-refractivity contribution is 0.0218. The van der Waals surface area contributed by atoms with Gasteiger partial charge in [-0.2, -0.15) is 0 Å². The minimum absolute atomic E-state index is 0.161. The van der Waals surface area contributed by atoms with Gasteiger partial charge in [0.25, 0.3) is 5.56 Å². The van der Waals surface area contributed by atoms with Crippen molar-refractivity contribution in [2.45, 2.75) is 45.3 Å². The van der Waals surface area contributed by atoms with Crippen molar-refractivity contribution < 1.29 is 18.7 Å². The molecule has 0 unspecified atom stereocenters. The molecule has 0 aliphatic carbocycles. The molecule has 3 heterocycles. The smallest absolute Gasteiger partial charge is 0.410 e. The third-order valence-electron chi connectivity index (χ3n) is 4.75. The quantitative estimate of drug-likeness (QED) is 0.721. The van der Waals surface area contributed by atoms with Crippen LogP contribution in [0.4, 0.5) is 4.79 Å². The first kappa shape index (κ1) is 18.3. The molecule has 8 heteroatoms. The lowest BCUT2D eigenvalue weighted by Crippen LogP contribution is -2.37. The molecule has 1 aromatic carbocycles. The molecule has 28 heavy (non-hydrogen) atoms. The summed E-state index contributed by atoms with van der Waals surface area (Å²) in [5, 5.41) is 0.698. The number of likely N-dealkylation sites (tertiary alicyclic amines) is 1. The second-order valence-electron chi connectivity index (χ2n) is 7.92. The number of methoxy groups -OCH3 is 1. The molecule has 1 aliphatic heterocycles. The number of aromatic amines is 1. The Labute approximate surface area is 161 Å². The van der Waals surface area contributed by atoms with E-state index < -0.39 is 11.7 Å². The Bertz CT molecular complexity index is 1110. The Hall–Kier alpha value is -3.03. The standard InChI is InChI=1S/C20H23N3O5/c1-20(2,3)28-19(25)23-9-5-6-13(23)17-21-15-12-10-11(26-4)7-8-14(12)27-16(15)18(24)22-17/h7-8,10,13H,5-6,9H2,1-4H3,(H,21,22,24)/t13-/m0/s1. The van der Waals surface area contributed by atoms with Crippen LogP contribution in [0.2, 0.25) is 0 Å². The number of rotatable bonds is 2. The number of H-pyrrole nitrogens is 1. The molecule has 0 saturated carbocycles. The molecule has 8 nitrogen and oxygen atoms in total. The number of fused-ring (bicyclic) bond motifs is 3. The van der Waals surface area contributed by atoms with E-state index in [1.165, 1.54) is 0 Å². The Morgan fingerprint density at radius 2 is 2.14 bits per heavy atom. The molecule has 0 bridgehead atoms. The highest BCUT2D eigenvalue weighted by molar-refractivity contribution is 6.02. The van der Waals surface area contributed by atoms with E-state index in [1.807, 2.05) is 20.8 Å². The van der Waals surface area contributed by atoms with Crippen LogP contribution in [0.1, 0.15) is 45.5 Å². The van der Waals surface area contributed by atoms with Crippen molar-refractivity contribution in [3.63, 3.8) is 0 Å². The largest absolute Gasteiger partial charge is 0.497 e. The zero-order valence-corrected chi connectivity index (χ0v) is 16.4. The maximum absolute atomic E-state index is 12.6. The summed E-state index contributed by atoms with van der Waals surface area (Å²) in [4.78, 5) is 34.3. The van der Waals surface area contributed by atoms with Gasteiger partial charge in [-0.25, -0.2) is 9.78 Å². The summed E-state index contributed by atoms with van der Waals surface area (Å²) in [6.45, 7) is 6.04. The molecular formula is C20H23N3O5. The first-order chi connectivity index (χ1) is 13.3. The molecule has 0 radical (unpaired) electrons. The van der Waals surface area contributed by atoms with E-state index in [0.717, 1.165) is 6.42 Å². The second-order valence-corrected chi connectivity index (χ2v) is 7.92. The minimum Gasteiger partial charge on any atom is -0.497 e. The number of amides is 1. The number of hydrogen-bond donors (Lipinski definition) is 1. The van der Waals surface area contributed by atoms with Gasteiger partial charge >= 0.3 is 6.09 Å². The highest BCUT2D eigenvalue weighted by atomic mass is 16.6. The maximum Gasteiger partial charge on any atom is 0.410 e. The Kier molecular flexibility index (Phi) is 4.28. The summed E-state index contributed by atoms with van der Waals surface area (Å²) in [5.74, 6) is 1.08. The predicted molar refractivity (Wildman–Crippen MR) is 104 cm³/mol. The van der Waals surface area contributed by atoms with Crippen molar-refractivity contribution in [1.82, 2.24) is 14.9 Å². The third-order valence-corrected chi connectivity index (χ3v) is 4.75. The molecule has 0 spiro atoms. The van der Waals surface area contributed by atoms with E-state index >= 15 is 0 Å². The molecule has 2 aromatic heterocycles. The fourth-order valence-corrected chi connectivity index (χ4v) is 3.52. The summed E-state index contributed by atoms with van der Waals surface area (Å²) in [6.07, 6.45) is 1.11.